The van der Waals surface area contributed by atoms with Crippen LogP contribution in [0, 0.1) is 11.7 Å². The molecule has 0 bridgehead atoms. The second kappa shape index (κ2) is 9.72. The molecule has 0 saturated heterocycles. The van der Waals surface area contributed by atoms with Gasteiger partial charge < -0.3 is 9.47 Å². The number of thiophene rings is 1. The summed E-state index contributed by atoms with van der Waals surface area (Å²) in [5.74, 6) is 2.05. The van der Waals surface area contributed by atoms with Crippen molar-refractivity contribution in [3.63, 3.8) is 0 Å². The van der Waals surface area contributed by atoms with E-state index in [-0.39, 0.29) is 0 Å². The lowest BCUT2D eigenvalue weighted by molar-refractivity contribution is 0.269. The zero-order valence-corrected chi connectivity index (χ0v) is 18.9. The SMILES string of the molecule is CCOc1cc(/C=N\n2c(-c3cccs3)n[nH]c2=S)ccc1OCc1ccc(C)cc1. The Hall–Kier alpha value is -3.23. The molecule has 0 amide bonds. The third-order valence-electron chi connectivity index (χ3n) is 4.50. The van der Waals surface area contributed by atoms with Crippen molar-refractivity contribution in [1.82, 2.24) is 14.9 Å². The molecule has 0 spiro atoms. The highest BCUT2D eigenvalue weighted by atomic mass is 32.1. The predicted octanol–water partition coefficient (Wildman–Crippen LogP) is 5.84. The van der Waals surface area contributed by atoms with Gasteiger partial charge in [-0.1, -0.05) is 35.9 Å². The molecule has 0 unspecified atom stereocenters. The summed E-state index contributed by atoms with van der Waals surface area (Å²) < 4.78 is 13.8. The van der Waals surface area contributed by atoms with E-state index < -0.39 is 0 Å². The summed E-state index contributed by atoms with van der Waals surface area (Å²) in [4.78, 5) is 0.986. The largest absolute Gasteiger partial charge is 0.490 e. The lowest BCUT2D eigenvalue weighted by atomic mass is 10.2. The Bertz CT molecular complexity index is 1230. The van der Waals surface area contributed by atoms with Gasteiger partial charge in [-0.15, -0.1) is 11.3 Å². The number of hydrogen-bond donors (Lipinski definition) is 1. The quantitative estimate of drug-likeness (QED) is 0.271. The van der Waals surface area contributed by atoms with Crippen molar-refractivity contribution in [3.8, 4) is 22.2 Å². The van der Waals surface area contributed by atoms with Crippen molar-refractivity contribution < 1.29 is 9.47 Å². The first-order valence-electron chi connectivity index (χ1n) is 9.85. The zero-order chi connectivity index (χ0) is 21.6. The van der Waals surface area contributed by atoms with Gasteiger partial charge in [0.2, 0.25) is 4.77 Å². The van der Waals surface area contributed by atoms with Crippen LogP contribution in [-0.4, -0.2) is 27.7 Å². The molecule has 4 aromatic rings. The van der Waals surface area contributed by atoms with Crippen molar-refractivity contribution in [2.45, 2.75) is 20.5 Å². The van der Waals surface area contributed by atoms with Crippen LogP contribution in [0.2, 0.25) is 0 Å². The molecular weight excluding hydrogens is 428 g/mol. The number of aryl methyl sites for hydroxylation is 1. The number of H-pyrrole nitrogens is 1. The monoisotopic (exact) mass is 450 g/mol. The first kappa shape index (κ1) is 21.0. The van der Waals surface area contributed by atoms with E-state index in [9.17, 15) is 0 Å². The molecule has 0 fully saturated rings. The van der Waals surface area contributed by atoms with Crippen molar-refractivity contribution >= 4 is 29.8 Å². The van der Waals surface area contributed by atoms with Crippen molar-refractivity contribution in [3.05, 3.63) is 81.4 Å². The maximum atomic E-state index is 6.00. The maximum Gasteiger partial charge on any atom is 0.216 e. The van der Waals surface area contributed by atoms with Crippen LogP contribution in [0.3, 0.4) is 0 Å². The van der Waals surface area contributed by atoms with Gasteiger partial charge >= 0.3 is 0 Å². The first-order chi connectivity index (χ1) is 15.1. The maximum absolute atomic E-state index is 6.00. The lowest BCUT2D eigenvalue weighted by Crippen LogP contribution is -2.01. The standard InChI is InChI=1S/C23H22N4O2S2/c1-3-28-20-13-18(10-11-19(20)29-15-17-8-6-16(2)7-9-17)14-24-27-22(25-26-23(27)30)21-5-4-12-31-21/h4-14H,3,15H2,1-2H3,(H,26,30)/b24-14-. The molecule has 31 heavy (non-hydrogen) atoms. The number of rotatable bonds is 8. The highest BCUT2D eigenvalue weighted by Gasteiger charge is 2.10. The highest BCUT2D eigenvalue weighted by Crippen LogP contribution is 2.29. The van der Waals surface area contributed by atoms with Gasteiger partial charge in [0.15, 0.2) is 17.3 Å². The van der Waals surface area contributed by atoms with E-state index in [1.807, 2.05) is 42.6 Å². The van der Waals surface area contributed by atoms with Gasteiger partial charge in [0.25, 0.3) is 0 Å². The van der Waals surface area contributed by atoms with E-state index in [0.29, 0.717) is 35.3 Å². The van der Waals surface area contributed by atoms with Gasteiger partial charge in [-0.3, -0.25) is 0 Å². The van der Waals surface area contributed by atoms with E-state index in [4.69, 9.17) is 21.7 Å². The lowest BCUT2D eigenvalue weighted by Gasteiger charge is -2.13. The van der Waals surface area contributed by atoms with Crippen molar-refractivity contribution in [2.75, 3.05) is 6.61 Å². The molecule has 4 rings (SSSR count). The van der Waals surface area contributed by atoms with E-state index in [0.717, 1.165) is 16.0 Å². The van der Waals surface area contributed by atoms with Crippen LogP contribution in [0.25, 0.3) is 10.7 Å². The van der Waals surface area contributed by atoms with Crippen LogP contribution in [0.1, 0.15) is 23.6 Å². The molecule has 0 aliphatic rings. The van der Waals surface area contributed by atoms with E-state index >= 15 is 0 Å². The van der Waals surface area contributed by atoms with Crippen molar-refractivity contribution in [2.24, 2.45) is 5.10 Å². The molecule has 0 atom stereocenters. The molecule has 2 aromatic heterocycles. The van der Waals surface area contributed by atoms with Gasteiger partial charge in [-0.05, 0) is 66.8 Å². The van der Waals surface area contributed by atoms with Crippen LogP contribution in [-0.2, 0) is 6.61 Å². The first-order valence-corrected chi connectivity index (χ1v) is 11.1. The fraction of sp³-hybridized carbons (Fsp3) is 0.174. The summed E-state index contributed by atoms with van der Waals surface area (Å²) in [5, 5.41) is 13.6. The highest BCUT2D eigenvalue weighted by molar-refractivity contribution is 7.71. The minimum Gasteiger partial charge on any atom is -0.490 e. The third kappa shape index (κ3) is 5.10. The number of aromatic amines is 1. The topological polar surface area (TPSA) is 64.4 Å². The average molecular weight is 451 g/mol. The van der Waals surface area contributed by atoms with Crippen LogP contribution < -0.4 is 9.47 Å². The van der Waals surface area contributed by atoms with Gasteiger partial charge in [-0.2, -0.15) is 14.9 Å². The molecule has 1 N–H and O–H groups in total. The van der Waals surface area contributed by atoms with E-state index in [2.05, 4.69) is 46.5 Å². The zero-order valence-electron chi connectivity index (χ0n) is 17.2. The number of hydrogen-bond acceptors (Lipinski definition) is 6. The van der Waals surface area contributed by atoms with Crippen LogP contribution in [0.4, 0.5) is 0 Å². The molecule has 8 heteroatoms. The second-order valence-electron chi connectivity index (χ2n) is 6.80. The normalized spacial score (nSPS) is 11.2. The predicted molar refractivity (Wildman–Crippen MR) is 127 cm³/mol. The molecule has 158 valence electrons. The molecule has 2 aromatic carbocycles. The Morgan fingerprint density at radius 3 is 2.71 bits per heavy atom. The summed E-state index contributed by atoms with van der Waals surface area (Å²) in [6.07, 6.45) is 1.73. The Balaban J connectivity index is 1.55. The average Bonchev–Trinajstić information content (AvgIpc) is 3.43. The second-order valence-corrected chi connectivity index (χ2v) is 8.13. The smallest absolute Gasteiger partial charge is 0.216 e. The summed E-state index contributed by atoms with van der Waals surface area (Å²) in [6.45, 7) is 5.03. The molecule has 0 radical (unpaired) electrons. The van der Waals surface area contributed by atoms with Crippen molar-refractivity contribution in [1.29, 1.82) is 0 Å². The van der Waals surface area contributed by atoms with Crippen LogP contribution in [0.15, 0.2) is 65.1 Å². The minimum atomic E-state index is 0.433. The number of aromatic nitrogens is 3. The number of nitrogens with one attached hydrogen (secondary N) is 1. The van der Waals surface area contributed by atoms with Gasteiger partial charge in [0.1, 0.15) is 6.61 Å². The van der Waals surface area contributed by atoms with Gasteiger partial charge in [0.05, 0.1) is 17.7 Å². The molecule has 0 aliphatic heterocycles. The Morgan fingerprint density at radius 2 is 1.97 bits per heavy atom. The summed E-state index contributed by atoms with van der Waals surface area (Å²) in [6, 6.07) is 18.0. The van der Waals surface area contributed by atoms with E-state index in [1.165, 1.54) is 5.56 Å². The molecule has 0 aliphatic carbocycles. The number of benzene rings is 2. The van der Waals surface area contributed by atoms with Crippen LogP contribution in [0.5, 0.6) is 11.5 Å². The Kier molecular flexibility index (Phi) is 6.59. The molecule has 0 saturated carbocycles. The molecule has 2 heterocycles. The summed E-state index contributed by atoms with van der Waals surface area (Å²) in [5.41, 5.74) is 3.20. The minimum absolute atomic E-state index is 0.433. The summed E-state index contributed by atoms with van der Waals surface area (Å²) in [7, 11) is 0. The summed E-state index contributed by atoms with van der Waals surface area (Å²) >= 11 is 6.91. The van der Waals surface area contributed by atoms with Gasteiger partial charge in [0, 0.05) is 0 Å². The molecular formula is C23H22N4O2S2. The fourth-order valence-electron chi connectivity index (χ4n) is 2.93. The Labute approximate surface area is 189 Å². The van der Waals surface area contributed by atoms with E-state index in [1.54, 1.807) is 22.2 Å². The van der Waals surface area contributed by atoms with Gasteiger partial charge in [-0.25, -0.2) is 5.10 Å². The fourth-order valence-corrected chi connectivity index (χ4v) is 3.80. The Morgan fingerprint density at radius 1 is 1.13 bits per heavy atom. The third-order valence-corrected chi connectivity index (χ3v) is 5.63. The molecule has 6 nitrogen and oxygen atoms in total. The number of nitrogens with zero attached hydrogens (tertiary/aromatic N) is 3. The van der Waals surface area contributed by atoms with Crippen LogP contribution >= 0.6 is 23.6 Å². The number of ether oxygens (including phenoxy) is 2.